The lowest BCUT2D eigenvalue weighted by molar-refractivity contribution is -0.113. The number of carbonyl (C=O) groups excluding carboxylic acids is 1. The van der Waals surface area contributed by atoms with Crippen LogP contribution in [0.4, 0.5) is 10.1 Å². The van der Waals surface area contributed by atoms with Crippen LogP contribution in [0.1, 0.15) is 5.56 Å². The summed E-state index contributed by atoms with van der Waals surface area (Å²) in [7, 11) is 3.05. The summed E-state index contributed by atoms with van der Waals surface area (Å²) in [5.41, 5.74) is 1.27. The van der Waals surface area contributed by atoms with Crippen molar-refractivity contribution in [2.24, 2.45) is 0 Å². The van der Waals surface area contributed by atoms with E-state index in [2.05, 4.69) is 5.32 Å². The Balaban J connectivity index is 1.99. The first-order valence-corrected chi connectivity index (χ1v) is 8.28. The number of amides is 1. The van der Waals surface area contributed by atoms with E-state index in [0.717, 1.165) is 0 Å². The lowest BCUT2D eigenvalue weighted by Gasteiger charge is -2.14. The van der Waals surface area contributed by atoms with Crippen molar-refractivity contribution >= 4 is 46.6 Å². The van der Waals surface area contributed by atoms with Crippen molar-refractivity contribution in [2.75, 3.05) is 19.1 Å². The maximum atomic E-state index is 13.4. The molecule has 26 heavy (non-hydrogen) atoms. The number of ether oxygens (including phenoxy) is 2. The van der Waals surface area contributed by atoms with Crippen LogP contribution in [0.25, 0.3) is 6.08 Å². The second-order valence-electron chi connectivity index (χ2n) is 5.31. The molecule has 2 aromatic rings. The molecule has 1 aliphatic heterocycles. The molecule has 0 aromatic heterocycles. The van der Waals surface area contributed by atoms with Gasteiger partial charge in [-0.1, -0.05) is 23.7 Å². The summed E-state index contributed by atoms with van der Waals surface area (Å²) in [6.45, 7) is 0. The van der Waals surface area contributed by atoms with Crippen LogP contribution in [-0.2, 0) is 4.79 Å². The minimum atomic E-state index is -0.571. The topological polar surface area (TPSA) is 50.8 Å². The Morgan fingerprint density at radius 2 is 2.00 bits per heavy atom. The molecule has 1 aliphatic rings. The zero-order valence-corrected chi connectivity index (χ0v) is 15.5. The van der Waals surface area contributed by atoms with Crippen molar-refractivity contribution in [1.29, 1.82) is 0 Å². The SMILES string of the molecule is COc1cccc(/C=C2/NC(=S)N(c3ccc(F)c(Cl)c3)C2=O)c1OC. The fourth-order valence-electron chi connectivity index (χ4n) is 2.57. The number of para-hydroxylation sites is 1. The third kappa shape index (κ3) is 3.23. The number of hydrogen-bond donors (Lipinski definition) is 1. The summed E-state index contributed by atoms with van der Waals surface area (Å²) in [4.78, 5) is 14.0. The average Bonchev–Trinajstić information content (AvgIpc) is 2.90. The van der Waals surface area contributed by atoms with Crippen molar-refractivity contribution in [3.05, 3.63) is 58.5 Å². The number of rotatable bonds is 4. The molecule has 1 amide bonds. The van der Waals surface area contributed by atoms with Crippen molar-refractivity contribution in [2.45, 2.75) is 0 Å². The Morgan fingerprint density at radius 3 is 2.65 bits per heavy atom. The predicted molar refractivity (Wildman–Crippen MR) is 102 cm³/mol. The van der Waals surface area contributed by atoms with Gasteiger partial charge >= 0.3 is 0 Å². The standard InChI is InChI=1S/C18H14ClFN2O3S/c1-24-15-5-3-4-10(16(15)25-2)8-14-17(23)22(18(26)21-14)11-6-7-13(20)12(19)9-11/h3-9H,1-2H3,(H,21,26)/b14-8+. The number of methoxy groups -OCH3 is 2. The minimum Gasteiger partial charge on any atom is -0.493 e. The van der Waals surface area contributed by atoms with Crippen molar-refractivity contribution < 1.29 is 18.7 Å². The molecule has 0 spiro atoms. The van der Waals surface area contributed by atoms with E-state index in [-0.39, 0.29) is 21.7 Å². The van der Waals surface area contributed by atoms with E-state index >= 15 is 0 Å². The summed E-state index contributed by atoms with van der Waals surface area (Å²) in [6, 6.07) is 9.27. The van der Waals surface area contributed by atoms with E-state index in [1.165, 1.54) is 37.3 Å². The van der Waals surface area contributed by atoms with Gasteiger partial charge in [-0.05, 0) is 42.6 Å². The first kappa shape index (κ1) is 18.2. The maximum Gasteiger partial charge on any atom is 0.281 e. The number of carbonyl (C=O) groups is 1. The molecular formula is C18H14ClFN2O3S. The Hall–Kier alpha value is -2.64. The monoisotopic (exact) mass is 392 g/mol. The van der Waals surface area contributed by atoms with Crippen LogP contribution >= 0.6 is 23.8 Å². The predicted octanol–water partition coefficient (Wildman–Crippen LogP) is 3.76. The number of hydrogen-bond acceptors (Lipinski definition) is 4. The largest absolute Gasteiger partial charge is 0.493 e. The first-order chi connectivity index (χ1) is 12.5. The van der Waals surface area contributed by atoms with Gasteiger partial charge in [-0.15, -0.1) is 0 Å². The Kier molecular flexibility index (Phi) is 5.11. The normalized spacial score (nSPS) is 15.4. The Labute approximate surface area is 160 Å². The van der Waals surface area contributed by atoms with Gasteiger partial charge in [0.15, 0.2) is 16.6 Å². The van der Waals surface area contributed by atoms with Crippen LogP contribution in [0, 0.1) is 5.82 Å². The zero-order chi connectivity index (χ0) is 18.8. The second-order valence-corrected chi connectivity index (χ2v) is 6.10. The smallest absolute Gasteiger partial charge is 0.281 e. The van der Waals surface area contributed by atoms with Crippen LogP contribution < -0.4 is 19.7 Å². The van der Waals surface area contributed by atoms with Gasteiger partial charge in [0.1, 0.15) is 11.5 Å². The fourth-order valence-corrected chi connectivity index (χ4v) is 3.05. The highest BCUT2D eigenvalue weighted by Crippen LogP contribution is 2.33. The van der Waals surface area contributed by atoms with Gasteiger partial charge in [0.2, 0.25) is 0 Å². The molecule has 5 nitrogen and oxygen atoms in total. The molecule has 0 saturated carbocycles. The van der Waals surface area contributed by atoms with Gasteiger partial charge in [-0.2, -0.15) is 0 Å². The minimum absolute atomic E-state index is 0.0926. The molecule has 0 atom stereocenters. The molecule has 1 N–H and O–H groups in total. The maximum absolute atomic E-state index is 13.4. The molecule has 0 bridgehead atoms. The van der Waals surface area contributed by atoms with Gasteiger partial charge in [0.05, 0.1) is 24.9 Å². The van der Waals surface area contributed by atoms with Gasteiger partial charge in [-0.3, -0.25) is 9.69 Å². The van der Waals surface area contributed by atoms with E-state index in [4.69, 9.17) is 33.3 Å². The molecule has 134 valence electrons. The zero-order valence-electron chi connectivity index (χ0n) is 13.9. The van der Waals surface area contributed by atoms with E-state index in [0.29, 0.717) is 22.7 Å². The van der Waals surface area contributed by atoms with E-state index in [9.17, 15) is 9.18 Å². The average molecular weight is 393 g/mol. The van der Waals surface area contributed by atoms with Crippen LogP contribution in [0.15, 0.2) is 42.1 Å². The number of nitrogens with one attached hydrogen (secondary N) is 1. The lowest BCUT2D eigenvalue weighted by Crippen LogP contribution is -2.30. The first-order valence-electron chi connectivity index (χ1n) is 7.49. The fraction of sp³-hybridized carbons (Fsp3) is 0.111. The van der Waals surface area contributed by atoms with Crippen LogP contribution in [0.5, 0.6) is 11.5 Å². The molecule has 0 aliphatic carbocycles. The van der Waals surface area contributed by atoms with Gasteiger partial charge in [-0.25, -0.2) is 4.39 Å². The highest BCUT2D eigenvalue weighted by Gasteiger charge is 2.32. The number of anilines is 1. The van der Waals surface area contributed by atoms with E-state index in [1.54, 1.807) is 24.3 Å². The molecule has 2 aromatic carbocycles. The highest BCUT2D eigenvalue weighted by molar-refractivity contribution is 7.80. The summed E-state index contributed by atoms with van der Waals surface area (Å²) >= 11 is 11.0. The number of nitrogens with zero attached hydrogens (tertiary/aromatic N) is 1. The third-order valence-corrected chi connectivity index (χ3v) is 4.35. The Morgan fingerprint density at radius 1 is 1.23 bits per heavy atom. The quantitative estimate of drug-likeness (QED) is 0.634. The molecule has 0 unspecified atom stereocenters. The summed E-state index contributed by atoms with van der Waals surface area (Å²) in [5, 5.41) is 2.94. The van der Waals surface area contributed by atoms with E-state index in [1.807, 2.05) is 0 Å². The van der Waals surface area contributed by atoms with Crippen molar-refractivity contribution in [1.82, 2.24) is 5.32 Å². The third-order valence-electron chi connectivity index (χ3n) is 3.77. The molecule has 3 rings (SSSR count). The molecule has 8 heteroatoms. The highest BCUT2D eigenvalue weighted by atomic mass is 35.5. The lowest BCUT2D eigenvalue weighted by atomic mass is 10.1. The van der Waals surface area contributed by atoms with Crippen LogP contribution in [0.3, 0.4) is 0 Å². The Bertz CT molecular complexity index is 933. The molecule has 1 heterocycles. The van der Waals surface area contributed by atoms with Crippen molar-refractivity contribution in [3.8, 4) is 11.5 Å². The summed E-state index contributed by atoms with van der Waals surface area (Å²) in [6.07, 6.45) is 1.61. The van der Waals surface area contributed by atoms with Gasteiger partial charge in [0.25, 0.3) is 5.91 Å². The number of benzene rings is 2. The molecule has 1 saturated heterocycles. The summed E-state index contributed by atoms with van der Waals surface area (Å²) in [5.74, 6) is 0.0729. The van der Waals surface area contributed by atoms with Gasteiger partial charge in [0, 0.05) is 5.56 Å². The van der Waals surface area contributed by atoms with Crippen molar-refractivity contribution in [3.63, 3.8) is 0 Å². The van der Waals surface area contributed by atoms with Crippen LogP contribution in [-0.4, -0.2) is 25.2 Å². The molecule has 0 radical (unpaired) electrons. The molecular weight excluding hydrogens is 379 g/mol. The molecule has 1 fully saturated rings. The second kappa shape index (κ2) is 7.31. The van der Waals surface area contributed by atoms with Crippen LogP contribution in [0.2, 0.25) is 5.02 Å². The number of thiocarbonyl (C=S) groups is 1. The van der Waals surface area contributed by atoms with Gasteiger partial charge < -0.3 is 14.8 Å². The number of halogens is 2. The summed E-state index contributed by atoms with van der Waals surface area (Å²) < 4.78 is 24.0. The van der Waals surface area contributed by atoms with E-state index < -0.39 is 5.82 Å².